The van der Waals surface area contributed by atoms with Gasteiger partial charge in [-0.1, -0.05) is 40.5 Å². The number of hydrogen-bond acceptors (Lipinski definition) is 4. The Bertz CT molecular complexity index is 518. The quantitative estimate of drug-likeness (QED) is 0.772. The predicted molar refractivity (Wildman–Crippen MR) is 72.0 cm³/mol. The normalized spacial score (nSPS) is 12.4. The van der Waals surface area contributed by atoms with E-state index >= 15 is 0 Å². The van der Waals surface area contributed by atoms with E-state index < -0.39 is 0 Å². The maximum atomic E-state index is 5.85. The topological polar surface area (TPSA) is 48.2 Å². The standard InChI is InChI=1S/C12H12BrClN2O2/c1-2-10(13)12-16-15-11(18-12)7-17-9-5-3-4-8(14)6-9/h3-6,10H,2,7H2,1H3. The Morgan fingerprint density at radius 1 is 1.44 bits per heavy atom. The Morgan fingerprint density at radius 2 is 2.28 bits per heavy atom. The van der Waals surface area contributed by atoms with Crippen LogP contribution in [-0.4, -0.2) is 10.2 Å². The molecule has 0 aliphatic rings. The average Bonchev–Trinajstić information content (AvgIpc) is 2.84. The lowest BCUT2D eigenvalue weighted by atomic mass is 10.3. The van der Waals surface area contributed by atoms with E-state index in [1.165, 1.54) is 0 Å². The first-order chi connectivity index (χ1) is 8.69. The molecule has 0 aliphatic carbocycles. The van der Waals surface area contributed by atoms with E-state index in [1.807, 2.05) is 19.1 Å². The molecule has 0 fully saturated rings. The van der Waals surface area contributed by atoms with Gasteiger partial charge in [0.05, 0.1) is 4.83 Å². The fraction of sp³-hybridized carbons (Fsp3) is 0.333. The zero-order valence-electron chi connectivity index (χ0n) is 9.77. The zero-order chi connectivity index (χ0) is 13.0. The van der Waals surface area contributed by atoms with Gasteiger partial charge in [0.25, 0.3) is 5.89 Å². The summed E-state index contributed by atoms with van der Waals surface area (Å²) in [6.45, 7) is 2.27. The molecule has 0 bridgehead atoms. The second-order valence-corrected chi connectivity index (χ2v) is 5.20. The van der Waals surface area contributed by atoms with Gasteiger partial charge in [0.15, 0.2) is 6.61 Å². The van der Waals surface area contributed by atoms with Gasteiger partial charge in [0.2, 0.25) is 5.89 Å². The van der Waals surface area contributed by atoms with Crippen LogP contribution in [0.2, 0.25) is 5.02 Å². The molecule has 1 atom stereocenters. The number of rotatable bonds is 5. The second kappa shape index (κ2) is 6.20. The van der Waals surface area contributed by atoms with E-state index in [2.05, 4.69) is 26.1 Å². The molecule has 1 heterocycles. The largest absolute Gasteiger partial charge is 0.484 e. The van der Waals surface area contributed by atoms with Gasteiger partial charge in [-0.2, -0.15) is 0 Å². The van der Waals surface area contributed by atoms with E-state index in [4.69, 9.17) is 20.8 Å². The van der Waals surface area contributed by atoms with Gasteiger partial charge in [-0.15, -0.1) is 10.2 Å². The predicted octanol–water partition coefficient (Wildman–Crippen LogP) is 4.15. The zero-order valence-corrected chi connectivity index (χ0v) is 12.1. The highest BCUT2D eigenvalue weighted by Crippen LogP contribution is 2.25. The molecule has 0 N–H and O–H groups in total. The summed E-state index contributed by atoms with van der Waals surface area (Å²) in [6, 6.07) is 7.17. The molecule has 0 radical (unpaired) electrons. The molecule has 1 aromatic heterocycles. The summed E-state index contributed by atoms with van der Waals surface area (Å²) in [5, 5.41) is 8.50. The minimum Gasteiger partial charge on any atom is -0.484 e. The van der Waals surface area contributed by atoms with Gasteiger partial charge in [0, 0.05) is 5.02 Å². The molecule has 0 spiro atoms. The number of benzene rings is 1. The highest BCUT2D eigenvalue weighted by atomic mass is 79.9. The Balaban J connectivity index is 1.96. The van der Waals surface area contributed by atoms with Crippen molar-refractivity contribution in [1.82, 2.24) is 10.2 Å². The number of alkyl halides is 1. The van der Waals surface area contributed by atoms with Crippen LogP contribution in [-0.2, 0) is 6.61 Å². The van der Waals surface area contributed by atoms with Crippen LogP contribution in [0.1, 0.15) is 30.0 Å². The molecule has 0 saturated heterocycles. The SMILES string of the molecule is CCC(Br)c1nnc(COc2cccc(Cl)c2)o1. The van der Waals surface area contributed by atoms with E-state index in [-0.39, 0.29) is 11.4 Å². The Morgan fingerprint density at radius 3 is 3.00 bits per heavy atom. The summed E-state index contributed by atoms with van der Waals surface area (Å²) < 4.78 is 11.0. The van der Waals surface area contributed by atoms with Crippen LogP contribution >= 0.6 is 27.5 Å². The lowest BCUT2D eigenvalue weighted by Crippen LogP contribution is -1.95. The van der Waals surface area contributed by atoms with Crippen molar-refractivity contribution in [2.45, 2.75) is 24.8 Å². The lowest BCUT2D eigenvalue weighted by Gasteiger charge is -2.03. The van der Waals surface area contributed by atoms with Crippen molar-refractivity contribution in [2.75, 3.05) is 0 Å². The Hall–Kier alpha value is -1.07. The third-order valence-electron chi connectivity index (χ3n) is 2.27. The highest BCUT2D eigenvalue weighted by molar-refractivity contribution is 9.09. The monoisotopic (exact) mass is 330 g/mol. The molecule has 4 nitrogen and oxygen atoms in total. The minimum absolute atomic E-state index is 0.0879. The number of halogens is 2. The summed E-state index contributed by atoms with van der Waals surface area (Å²) in [4.78, 5) is 0.0879. The molecule has 0 saturated carbocycles. The molecule has 96 valence electrons. The van der Waals surface area contributed by atoms with E-state index in [0.29, 0.717) is 22.6 Å². The molecule has 0 aliphatic heterocycles. The van der Waals surface area contributed by atoms with Gasteiger partial charge in [-0.05, 0) is 24.6 Å². The Kier molecular flexibility index (Phi) is 4.60. The molecule has 0 amide bonds. The lowest BCUT2D eigenvalue weighted by molar-refractivity contribution is 0.258. The second-order valence-electron chi connectivity index (χ2n) is 3.66. The van der Waals surface area contributed by atoms with Crippen LogP contribution in [0.25, 0.3) is 0 Å². The number of nitrogens with zero attached hydrogens (tertiary/aromatic N) is 2. The van der Waals surface area contributed by atoms with Crippen molar-refractivity contribution >= 4 is 27.5 Å². The molecule has 18 heavy (non-hydrogen) atoms. The molecule has 2 rings (SSSR count). The van der Waals surface area contributed by atoms with Crippen LogP contribution in [0, 0.1) is 0 Å². The molecule has 1 unspecified atom stereocenters. The van der Waals surface area contributed by atoms with Gasteiger partial charge < -0.3 is 9.15 Å². The molecule has 6 heteroatoms. The third-order valence-corrected chi connectivity index (χ3v) is 3.54. The van der Waals surface area contributed by atoms with Crippen LogP contribution in [0.15, 0.2) is 28.7 Å². The fourth-order valence-corrected chi connectivity index (χ4v) is 1.69. The first kappa shape index (κ1) is 13.4. The third kappa shape index (κ3) is 3.46. The Labute approximate surface area is 118 Å². The fourth-order valence-electron chi connectivity index (χ4n) is 1.33. The van der Waals surface area contributed by atoms with Crippen LogP contribution in [0.5, 0.6) is 5.75 Å². The first-order valence-electron chi connectivity index (χ1n) is 5.53. The molecular formula is C12H12BrClN2O2. The van der Waals surface area contributed by atoms with Crippen molar-refractivity contribution in [2.24, 2.45) is 0 Å². The molecule has 1 aromatic carbocycles. The smallest absolute Gasteiger partial charge is 0.253 e. The van der Waals surface area contributed by atoms with E-state index in [0.717, 1.165) is 6.42 Å². The van der Waals surface area contributed by atoms with Crippen molar-refractivity contribution < 1.29 is 9.15 Å². The van der Waals surface area contributed by atoms with Crippen molar-refractivity contribution in [3.8, 4) is 5.75 Å². The van der Waals surface area contributed by atoms with Crippen molar-refractivity contribution in [3.05, 3.63) is 41.1 Å². The van der Waals surface area contributed by atoms with Gasteiger partial charge in [-0.3, -0.25) is 0 Å². The maximum absolute atomic E-state index is 5.85. The summed E-state index contributed by atoms with van der Waals surface area (Å²) in [5.41, 5.74) is 0. The number of aromatic nitrogens is 2. The van der Waals surface area contributed by atoms with E-state index in [1.54, 1.807) is 12.1 Å². The minimum atomic E-state index is 0.0879. The summed E-state index contributed by atoms with van der Waals surface area (Å²) in [6.07, 6.45) is 0.886. The number of hydrogen-bond donors (Lipinski definition) is 0. The molecular weight excluding hydrogens is 320 g/mol. The van der Waals surface area contributed by atoms with Gasteiger partial charge in [0.1, 0.15) is 5.75 Å². The average molecular weight is 332 g/mol. The molecule has 2 aromatic rings. The van der Waals surface area contributed by atoms with Crippen LogP contribution < -0.4 is 4.74 Å². The summed E-state index contributed by atoms with van der Waals surface area (Å²) in [7, 11) is 0. The van der Waals surface area contributed by atoms with Crippen molar-refractivity contribution in [3.63, 3.8) is 0 Å². The van der Waals surface area contributed by atoms with Gasteiger partial charge in [-0.25, -0.2) is 0 Å². The highest BCUT2D eigenvalue weighted by Gasteiger charge is 2.13. The number of ether oxygens (including phenoxy) is 1. The summed E-state index contributed by atoms with van der Waals surface area (Å²) >= 11 is 9.30. The summed E-state index contributed by atoms with van der Waals surface area (Å²) in [5.74, 6) is 1.69. The van der Waals surface area contributed by atoms with Crippen LogP contribution in [0.3, 0.4) is 0 Å². The van der Waals surface area contributed by atoms with Gasteiger partial charge >= 0.3 is 0 Å². The van der Waals surface area contributed by atoms with Crippen molar-refractivity contribution in [1.29, 1.82) is 0 Å². The van der Waals surface area contributed by atoms with Crippen LogP contribution in [0.4, 0.5) is 0 Å². The van der Waals surface area contributed by atoms with E-state index in [9.17, 15) is 0 Å². The maximum Gasteiger partial charge on any atom is 0.253 e. The first-order valence-corrected chi connectivity index (χ1v) is 6.83.